The molecule has 1 saturated heterocycles. The Morgan fingerprint density at radius 3 is 2.78 bits per heavy atom. The predicted molar refractivity (Wildman–Crippen MR) is 82.7 cm³/mol. The maximum absolute atomic E-state index is 12.8. The molecule has 2 aromatic rings. The highest BCUT2D eigenvalue weighted by Crippen LogP contribution is 2.18. The second-order valence-corrected chi connectivity index (χ2v) is 5.63. The lowest BCUT2D eigenvalue weighted by Gasteiger charge is -2.32. The number of hydrogen-bond acceptors (Lipinski definition) is 4. The minimum atomic E-state index is -0.502. The molecule has 2 heterocycles. The fraction of sp³-hybridized carbons (Fsp3) is 0.353. The SMILES string of the molecule is Cc1ccccc1C(=O)N1CCCC(Oc2ncc(F)cn2)C1. The molecule has 1 aromatic carbocycles. The van der Waals surface area contributed by atoms with Crippen LogP contribution in [-0.2, 0) is 0 Å². The zero-order chi connectivity index (χ0) is 16.2. The van der Waals surface area contributed by atoms with Crippen LogP contribution in [0, 0.1) is 12.7 Å². The third-order valence-corrected chi connectivity index (χ3v) is 3.91. The van der Waals surface area contributed by atoms with E-state index in [9.17, 15) is 9.18 Å². The standard InChI is InChI=1S/C17H18FN3O2/c1-12-5-2-3-7-15(12)16(22)21-8-4-6-14(11-21)23-17-19-9-13(18)10-20-17/h2-3,5,7,9-10,14H,4,6,8,11H2,1H3. The first-order valence-corrected chi connectivity index (χ1v) is 7.62. The molecule has 3 rings (SSSR count). The van der Waals surface area contributed by atoms with Crippen molar-refractivity contribution < 1.29 is 13.9 Å². The van der Waals surface area contributed by atoms with Crippen LogP contribution in [0.25, 0.3) is 0 Å². The summed E-state index contributed by atoms with van der Waals surface area (Å²) >= 11 is 0. The van der Waals surface area contributed by atoms with Crippen molar-refractivity contribution in [2.45, 2.75) is 25.9 Å². The number of carbonyl (C=O) groups excluding carboxylic acids is 1. The number of aryl methyl sites for hydroxylation is 1. The quantitative estimate of drug-likeness (QED) is 0.873. The molecule has 0 aliphatic carbocycles. The van der Waals surface area contributed by atoms with Gasteiger partial charge >= 0.3 is 6.01 Å². The zero-order valence-electron chi connectivity index (χ0n) is 12.9. The molecule has 1 aromatic heterocycles. The van der Waals surface area contributed by atoms with Crippen molar-refractivity contribution in [2.75, 3.05) is 13.1 Å². The molecule has 0 radical (unpaired) electrons. The largest absolute Gasteiger partial charge is 0.458 e. The van der Waals surface area contributed by atoms with E-state index in [1.165, 1.54) is 0 Å². The van der Waals surface area contributed by atoms with Crippen LogP contribution in [0.1, 0.15) is 28.8 Å². The third kappa shape index (κ3) is 3.64. The van der Waals surface area contributed by atoms with Crippen molar-refractivity contribution in [3.05, 3.63) is 53.6 Å². The van der Waals surface area contributed by atoms with Crippen LogP contribution in [0.4, 0.5) is 4.39 Å². The van der Waals surface area contributed by atoms with Crippen LogP contribution in [0.15, 0.2) is 36.7 Å². The van der Waals surface area contributed by atoms with Crippen LogP contribution in [0.3, 0.4) is 0 Å². The molecular formula is C17H18FN3O2. The summed E-state index contributed by atoms with van der Waals surface area (Å²) < 4.78 is 18.5. The number of nitrogens with zero attached hydrogens (tertiary/aromatic N) is 3. The summed E-state index contributed by atoms with van der Waals surface area (Å²) in [5, 5.41) is 0. The molecule has 5 nitrogen and oxygen atoms in total. The Kier molecular flexibility index (Phi) is 4.50. The average Bonchev–Trinajstić information content (AvgIpc) is 2.57. The van der Waals surface area contributed by atoms with Crippen molar-refractivity contribution >= 4 is 5.91 Å². The molecule has 120 valence electrons. The molecule has 1 fully saturated rings. The van der Waals surface area contributed by atoms with Gasteiger partial charge in [0.05, 0.1) is 18.9 Å². The summed E-state index contributed by atoms with van der Waals surface area (Å²) in [6, 6.07) is 7.69. The first-order valence-electron chi connectivity index (χ1n) is 7.62. The van der Waals surface area contributed by atoms with E-state index in [1.54, 1.807) is 4.90 Å². The first-order chi connectivity index (χ1) is 11.1. The van der Waals surface area contributed by atoms with Crippen molar-refractivity contribution in [3.63, 3.8) is 0 Å². The van der Waals surface area contributed by atoms with Crippen molar-refractivity contribution in [3.8, 4) is 6.01 Å². The Morgan fingerprint density at radius 2 is 2.04 bits per heavy atom. The van der Waals surface area contributed by atoms with Gasteiger partial charge in [-0.15, -0.1) is 0 Å². The molecule has 6 heteroatoms. The highest BCUT2D eigenvalue weighted by atomic mass is 19.1. The van der Waals surface area contributed by atoms with Gasteiger partial charge in [-0.25, -0.2) is 14.4 Å². The molecule has 0 spiro atoms. The lowest BCUT2D eigenvalue weighted by Crippen LogP contribution is -2.44. The molecule has 1 atom stereocenters. The molecule has 23 heavy (non-hydrogen) atoms. The second kappa shape index (κ2) is 6.73. The summed E-state index contributed by atoms with van der Waals surface area (Å²) in [7, 11) is 0. The highest BCUT2D eigenvalue weighted by molar-refractivity contribution is 5.95. The van der Waals surface area contributed by atoms with E-state index >= 15 is 0 Å². The lowest BCUT2D eigenvalue weighted by atomic mass is 10.0. The molecule has 1 aliphatic rings. The predicted octanol–water partition coefficient (Wildman–Crippen LogP) is 2.61. The molecule has 1 unspecified atom stereocenters. The Morgan fingerprint density at radius 1 is 1.30 bits per heavy atom. The fourth-order valence-electron chi connectivity index (χ4n) is 2.71. The number of benzene rings is 1. The van der Waals surface area contributed by atoms with E-state index < -0.39 is 5.82 Å². The third-order valence-electron chi connectivity index (χ3n) is 3.91. The van der Waals surface area contributed by atoms with Gasteiger partial charge in [0.25, 0.3) is 5.91 Å². The minimum absolute atomic E-state index is 0.0106. The number of hydrogen-bond donors (Lipinski definition) is 0. The van der Waals surface area contributed by atoms with Gasteiger partial charge in [-0.2, -0.15) is 0 Å². The number of halogens is 1. The van der Waals surface area contributed by atoms with Gasteiger partial charge < -0.3 is 9.64 Å². The van der Waals surface area contributed by atoms with E-state index in [4.69, 9.17) is 4.74 Å². The van der Waals surface area contributed by atoms with Gasteiger partial charge in [0, 0.05) is 12.1 Å². The van der Waals surface area contributed by atoms with Crippen molar-refractivity contribution in [1.82, 2.24) is 14.9 Å². The molecular weight excluding hydrogens is 297 g/mol. The lowest BCUT2D eigenvalue weighted by molar-refractivity contribution is 0.0514. The summed E-state index contributed by atoms with van der Waals surface area (Å²) in [4.78, 5) is 22.0. The van der Waals surface area contributed by atoms with E-state index in [2.05, 4.69) is 9.97 Å². The van der Waals surface area contributed by atoms with E-state index in [0.29, 0.717) is 18.7 Å². The highest BCUT2D eigenvalue weighted by Gasteiger charge is 2.26. The van der Waals surface area contributed by atoms with Crippen LogP contribution in [-0.4, -0.2) is 40.0 Å². The fourth-order valence-corrected chi connectivity index (χ4v) is 2.71. The number of amides is 1. The van der Waals surface area contributed by atoms with Crippen molar-refractivity contribution in [1.29, 1.82) is 0 Å². The second-order valence-electron chi connectivity index (χ2n) is 5.63. The number of ether oxygens (including phenoxy) is 1. The van der Waals surface area contributed by atoms with Gasteiger partial charge in [-0.1, -0.05) is 18.2 Å². The topological polar surface area (TPSA) is 55.3 Å². The van der Waals surface area contributed by atoms with Crippen LogP contribution in [0.2, 0.25) is 0 Å². The summed E-state index contributed by atoms with van der Waals surface area (Å²) in [6.07, 6.45) is 3.63. The van der Waals surface area contributed by atoms with Gasteiger partial charge in [0.1, 0.15) is 6.10 Å². The Bertz CT molecular complexity index is 690. The molecule has 0 saturated carbocycles. The van der Waals surface area contributed by atoms with Gasteiger partial charge in [0.15, 0.2) is 5.82 Å². The normalized spacial score (nSPS) is 17.8. The Balaban J connectivity index is 1.67. The Labute approximate surface area is 134 Å². The zero-order valence-corrected chi connectivity index (χ0v) is 12.9. The molecule has 1 amide bonds. The van der Waals surface area contributed by atoms with Crippen molar-refractivity contribution in [2.24, 2.45) is 0 Å². The molecule has 0 bridgehead atoms. The molecule has 1 aliphatic heterocycles. The van der Waals surface area contributed by atoms with Crippen LogP contribution >= 0.6 is 0 Å². The number of aromatic nitrogens is 2. The van der Waals surface area contributed by atoms with E-state index in [-0.39, 0.29) is 18.0 Å². The number of rotatable bonds is 3. The monoisotopic (exact) mass is 315 g/mol. The van der Waals surface area contributed by atoms with Crippen LogP contribution < -0.4 is 4.74 Å². The van der Waals surface area contributed by atoms with Gasteiger partial charge in [0.2, 0.25) is 0 Å². The van der Waals surface area contributed by atoms with E-state index in [1.807, 2.05) is 31.2 Å². The van der Waals surface area contributed by atoms with Crippen LogP contribution in [0.5, 0.6) is 6.01 Å². The summed E-state index contributed by atoms with van der Waals surface area (Å²) in [5.41, 5.74) is 1.67. The van der Waals surface area contributed by atoms with Gasteiger partial charge in [-0.3, -0.25) is 4.79 Å². The summed E-state index contributed by atoms with van der Waals surface area (Å²) in [6.45, 7) is 3.11. The van der Waals surface area contributed by atoms with Gasteiger partial charge in [-0.05, 0) is 31.4 Å². The van der Waals surface area contributed by atoms with E-state index in [0.717, 1.165) is 30.8 Å². The average molecular weight is 315 g/mol. The minimum Gasteiger partial charge on any atom is -0.458 e. The number of likely N-dealkylation sites (tertiary alicyclic amines) is 1. The maximum Gasteiger partial charge on any atom is 0.316 e. The summed E-state index contributed by atoms with van der Waals surface area (Å²) in [5.74, 6) is -0.492. The first kappa shape index (κ1) is 15.4. The molecule has 0 N–H and O–H groups in total. The smallest absolute Gasteiger partial charge is 0.316 e. The Hall–Kier alpha value is -2.50. The number of carbonyl (C=O) groups is 1. The number of piperidine rings is 1. The maximum atomic E-state index is 12.8.